The van der Waals surface area contributed by atoms with Crippen molar-refractivity contribution in [3.63, 3.8) is 0 Å². The Hall–Kier alpha value is -0.235. The first kappa shape index (κ1) is 11.8. The third-order valence-corrected chi connectivity index (χ3v) is 2.62. The van der Waals surface area contributed by atoms with Crippen LogP contribution in [0, 0.1) is 5.41 Å². The standard InChI is InChI=1S/C10H21BO/c1-8-11(7)12-10(5,6)9(2,3)4/h8H,1H2,2-7H3. The molecule has 0 unspecified atom stereocenters. The van der Waals surface area contributed by atoms with Crippen LogP contribution < -0.4 is 0 Å². The van der Waals surface area contributed by atoms with Crippen LogP contribution in [0.5, 0.6) is 0 Å². The summed E-state index contributed by atoms with van der Waals surface area (Å²) in [6.45, 7) is 16.6. The van der Waals surface area contributed by atoms with Gasteiger partial charge in [0.05, 0.1) is 5.60 Å². The normalized spacial score (nSPS) is 12.8. The van der Waals surface area contributed by atoms with Gasteiger partial charge in [0.1, 0.15) is 0 Å². The van der Waals surface area contributed by atoms with Gasteiger partial charge in [0.25, 0.3) is 0 Å². The van der Waals surface area contributed by atoms with E-state index in [0.717, 1.165) is 0 Å². The summed E-state index contributed by atoms with van der Waals surface area (Å²) in [5, 5.41) is 0. The zero-order valence-electron chi connectivity index (χ0n) is 9.27. The van der Waals surface area contributed by atoms with E-state index in [-0.39, 0.29) is 17.9 Å². The maximum Gasteiger partial charge on any atom is 0.316 e. The minimum Gasteiger partial charge on any atom is -0.427 e. The quantitative estimate of drug-likeness (QED) is 0.588. The van der Waals surface area contributed by atoms with E-state index in [0.29, 0.717) is 0 Å². The first-order valence-corrected chi connectivity index (χ1v) is 4.51. The minimum atomic E-state index is -0.111. The lowest BCUT2D eigenvalue weighted by Gasteiger charge is -2.40. The van der Waals surface area contributed by atoms with Gasteiger partial charge in [-0.25, -0.2) is 0 Å². The first-order valence-electron chi connectivity index (χ1n) is 4.51. The lowest BCUT2D eigenvalue weighted by atomic mass is 9.68. The lowest BCUT2D eigenvalue weighted by molar-refractivity contribution is 0.000187. The summed E-state index contributed by atoms with van der Waals surface area (Å²) in [7, 11) is 0. The summed E-state index contributed by atoms with van der Waals surface area (Å²) in [4.78, 5) is 0. The molecule has 0 amide bonds. The van der Waals surface area contributed by atoms with Crippen molar-refractivity contribution in [1.82, 2.24) is 0 Å². The fraction of sp³-hybridized carbons (Fsp3) is 0.800. The van der Waals surface area contributed by atoms with Crippen molar-refractivity contribution in [2.75, 3.05) is 0 Å². The maximum atomic E-state index is 5.83. The van der Waals surface area contributed by atoms with Crippen molar-refractivity contribution in [1.29, 1.82) is 0 Å². The molecule has 0 spiro atoms. The van der Waals surface area contributed by atoms with Crippen molar-refractivity contribution in [3.05, 3.63) is 12.6 Å². The van der Waals surface area contributed by atoms with Gasteiger partial charge in [0.15, 0.2) is 0 Å². The van der Waals surface area contributed by atoms with Crippen LogP contribution in [0.2, 0.25) is 6.82 Å². The van der Waals surface area contributed by atoms with E-state index in [1.54, 1.807) is 0 Å². The summed E-state index contributed by atoms with van der Waals surface area (Å²) in [6.07, 6.45) is 0. The van der Waals surface area contributed by atoms with Crippen molar-refractivity contribution in [2.45, 2.75) is 47.0 Å². The van der Waals surface area contributed by atoms with E-state index in [4.69, 9.17) is 4.65 Å². The lowest BCUT2D eigenvalue weighted by Crippen LogP contribution is -2.42. The number of hydrogen-bond acceptors (Lipinski definition) is 1. The number of rotatable bonds is 3. The average Bonchev–Trinajstić information content (AvgIpc) is 1.84. The third-order valence-electron chi connectivity index (χ3n) is 2.62. The van der Waals surface area contributed by atoms with Crippen LogP contribution in [0.3, 0.4) is 0 Å². The Morgan fingerprint density at radius 1 is 1.17 bits per heavy atom. The Bertz CT molecular complexity index is 156. The van der Waals surface area contributed by atoms with Gasteiger partial charge in [-0.15, -0.1) is 6.58 Å². The van der Waals surface area contributed by atoms with E-state index >= 15 is 0 Å². The molecule has 0 fully saturated rings. The van der Waals surface area contributed by atoms with Crippen LogP contribution >= 0.6 is 0 Å². The molecule has 0 aliphatic heterocycles. The summed E-state index contributed by atoms with van der Waals surface area (Å²) in [6, 6.07) is 0. The smallest absolute Gasteiger partial charge is 0.316 e. The Labute approximate surface area is 77.3 Å². The molecule has 0 atom stereocenters. The molecule has 12 heavy (non-hydrogen) atoms. The molecule has 1 nitrogen and oxygen atoms in total. The van der Waals surface area contributed by atoms with Gasteiger partial charge in [-0.2, -0.15) is 0 Å². The largest absolute Gasteiger partial charge is 0.427 e. The van der Waals surface area contributed by atoms with E-state index in [9.17, 15) is 0 Å². The van der Waals surface area contributed by atoms with Crippen molar-refractivity contribution in [2.24, 2.45) is 5.41 Å². The molecular formula is C10H21BO. The molecule has 0 aromatic heterocycles. The van der Waals surface area contributed by atoms with Crippen molar-refractivity contribution < 1.29 is 4.65 Å². The Balaban J connectivity index is 4.32. The molecular weight excluding hydrogens is 147 g/mol. The second-order valence-corrected chi connectivity index (χ2v) is 4.82. The first-order chi connectivity index (χ1) is 5.20. The highest BCUT2D eigenvalue weighted by Gasteiger charge is 2.34. The summed E-state index contributed by atoms with van der Waals surface area (Å²) in [5.74, 6) is 1.83. The minimum absolute atomic E-state index is 0.111. The average molecular weight is 168 g/mol. The monoisotopic (exact) mass is 168 g/mol. The van der Waals surface area contributed by atoms with E-state index in [1.165, 1.54) is 0 Å². The van der Waals surface area contributed by atoms with Crippen LogP contribution in [-0.2, 0) is 4.65 Å². The molecule has 0 heterocycles. The van der Waals surface area contributed by atoms with Crippen LogP contribution in [0.25, 0.3) is 0 Å². The van der Waals surface area contributed by atoms with Gasteiger partial charge in [-0.05, 0) is 19.3 Å². The van der Waals surface area contributed by atoms with Crippen LogP contribution in [0.1, 0.15) is 34.6 Å². The predicted molar refractivity (Wildman–Crippen MR) is 56.4 cm³/mol. The molecule has 0 aromatic carbocycles. The second-order valence-electron chi connectivity index (χ2n) is 4.82. The fourth-order valence-corrected chi connectivity index (χ4v) is 0.690. The molecule has 0 radical (unpaired) electrons. The number of hydrogen-bond donors (Lipinski definition) is 0. The third kappa shape index (κ3) is 3.02. The van der Waals surface area contributed by atoms with Gasteiger partial charge in [0, 0.05) is 0 Å². The van der Waals surface area contributed by atoms with Gasteiger partial charge in [0.2, 0.25) is 0 Å². The predicted octanol–water partition coefficient (Wildman–Crippen LogP) is 3.17. The van der Waals surface area contributed by atoms with Crippen molar-refractivity contribution in [3.8, 4) is 0 Å². The fourth-order valence-electron chi connectivity index (χ4n) is 0.690. The Morgan fingerprint density at radius 2 is 1.58 bits per heavy atom. The zero-order chi connectivity index (χ0) is 9.99. The topological polar surface area (TPSA) is 9.23 Å². The Kier molecular flexibility index (Phi) is 3.58. The molecule has 0 aromatic rings. The van der Waals surface area contributed by atoms with E-state index in [2.05, 4.69) is 41.2 Å². The maximum absolute atomic E-state index is 5.83. The molecule has 0 aliphatic rings. The molecule has 0 saturated carbocycles. The zero-order valence-corrected chi connectivity index (χ0v) is 9.27. The van der Waals surface area contributed by atoms with Crippen LogP contribution in [-0.4, -0.2) is 12.5 Å². The Morgan fingerprint density at radius 3 is 1.83 bits per heavy atom. The van der Waals surface area contributed by atoms with Gasteiger partial charge >= 0.3 is 6.92 Å². The summed E-state index contributed by atoms with van der Waals surface area (Å²) in [5.41, 5.74) is 0.0465. The molecule has 2 heteroatoms. The highest BCUT2D eigenvalue weighted by molar-refractivity contribution is 6.56. The second kappa shape index (κ2) is 3.65. The van der Waals surface area contributed by atoms with Crippen LogP contribution in [0.15, 0.2) is 12.6 Å². The molecule has 70 valence electrons. The molecule has 0 bridgehead atoms. The van der Waals surface area contributed by atoms with E-state index in [1.807, 2.05) is 12.8 Å². The summed E-state index contributed by atoms with van der Waals surface area (Å²) >= 11 is 0. The highest BCUT2D eigenvalue weighted by atomic mass is 16.5. The van der Waals surface area contributed by atoms with Crippen molar-refractivity contribution >= 4 is 6.92 Å². The van der Waals surface area contributed by atoms with Gasteiger partial charge in [-0.1, -0.05) is 33.6 Å². The highest BCUT2D eigenvalue weighted by Crippen LogP contribution is 2.33. The van der Waals surface area contributed by atoms with Crippen LogP contribution in [0.4, 0.5) is 0 Å². The van der Waals surface area contributed by atoms with Gasteiger partial charge < -0.3 is 4.65 Å². The molecule has 0 saturated heterocycles. The molecule has 0 N–H and O–H groups in total. The van der Waals surface area contributed by atoms with E-state index < -0.39 is 0 Å². The SMILES string of the molecule is C=CB(C)OC(C)(C)C(C)(C)C. The van der Waals surface area contributed by atoms with Gasteiger partial charge in [-0.3, -0.25) is 0 Å². The summed E-state index contributed by atoms with van der Waals surface area (Å²) < 4.78 is 5.83. The molecule has 0 rings (SSSR count). The molecule has 0 aliphatic carbocycles.